The van der Waals surface area contributed by atoms with Crippen molar-refractivity contribution in [2.45, 2.75) is 23.7 Å². The summed E-state index contributed by atoms with van der Waals surface area (Å²) < 4.78 is 9.89. The second-order valence-corrected chi connectivity index (χ2v) is 4.80. The number of carbonyl (C=O) groups excluding carboxylic acids is 2. The fourth-order valence-electron chi connectivity index (χ4n) is 1.35. The van der Waals surface area contributed by atoms with Crippen LogP contribution in [0.5, 0.6) is 0 Å². The predicted octanol–water partition coefficient (Wildman–Crippen LogP) is -1.90. The molecule has 0 aromatic carbocycles. The molecule has 2 rings (SSSR count). The molecule has 2 fully saturated rings. The number of nitrogens with zero attached hydrogens (tertiary/aromatic N) is 2. The summed E-state index contributed by atoms with van der Waals surface area (Å²) in [5.41, 5.74) is 0. The molecule has 2 unspecified atom stereocenters. The molecule has 2 aliphatic heterocycles. The summed E-state index contributed by atoms with van der Waals surface area (Å²) in [7, 11) is 0. The maximum atomic E-state index is 10.7. The molecule has 2 saturated heterocycles. The van der Waals surface area contributed by atoms with Gasteiger partial charge in [0.05, 0.1) is 24.6 Å². The van der Waals surface area contributed by atoms with Gasteiger partial charge in [-0.1, -0.05) is 15.9 Å². The molecule has 0 spiro atoms. The van der Waals surface area contributed by atoms with Gasteiger partial charge in [-0.05, 0) is 0 Å². The maximum absolute atomic E-state index is 10.7. The average molecular weight is 353 g/mol. The van der Waals surface area contributed by atoms with E-state index in [-0.39, 0.29) is 46.0 Å². The van der Waals surface area contributed by atoms with Crippen LogP contribution in [0.25, 0.3) is 4.85 Å². The second kappa shape index (κ2) is 13.7. The van der Waals surface area contributed by atoms with E-state index >= 15 is 0 Å². The largest absolute Gasteiger partial charge is 1.00 e. The van der Waals surface area contributed by atoms with Gasteiger partial charge in [0.25, 0.3) is 0 Å². The van der Waals surface area contributed by atoms with E-state index in [0.717, 1.165) is 0 Å². The number of rotatable bonds is 0. The van der Waals surface area contributed by atoms with Crippen molar-refractivity contribution >= 4 is 27.5 Å². The first kappa shape index (κ1) is 22.0. The molecule has 2 heterocycles. The SMILES string of the molecule is O=C1CCOCC1Br.[C-]#N.[C-]#[N+]C1COCCC1=O.[Na+]. The Balaban J connectivity index is 0. The molecule has 2 aliphatic rings. The number of halogens is 1. The average Bonchev–Trinajstić information content (AvgIpc) is 2.46. The minimum atomic E-state index is -0.515. The molecule has 0 bridgehead atoms. The zero-order chi connectivity index (χ0) is 14.7. The molecular weight excluding hydrogens is 339 g/mol. The van der Waals surface area contributed by atoms with Crippen molar-refractivity contribution < 1.29 is 48.6 Å². The van der Waals surface area contributed by atoms with Crippen molar-refractivity contribution in [1.29, 1.82) is 5.26 Å². The zero-order valence-electron chi connectivity index (χ0n) is 11.3. The molecule has 0 N–H and O–H groups in total. The number of Topliss-reactive ketones (excluding diaryl/α,β-unsaturated/α-hetero) is 2. The molecule has 0 saturated carbocycles. The van der Waals surface area contributed by atoms with Gasteiger partial charge in [0.15, 0.2) is 5.78 Å². The van der Waals surface area contributed by atoms with E-state index in [1.165, 1.54) is 0 Å². The van der Waals surface area contributed by atoms with Gasteiger partial charge in [-0.25, -0.2) is 6.57 Å². The summed E-state index contributed by atoms with van der Waals surface area (Å²) in [6.45, 7) is 13.2. The fourth-order valence-corrected chi connectivity index (χ4v) is 1.76. The van der Waals surface area contributed by atoms with Crippen LogP contribution in [0.3, 0.4) is 0 Å². The Labute approximate surface area is 149 Å². The van der Waals surface area contributed by atoms with Crippen LogP contribution in [0.4, 0.5) is 0 Å². The predicted molar refractivity (Wildman–Crippen MR) is 69.0 cm³/mol. The molecule has 0 radical (unpaired) electrons. The van der Waals surface area contributed by atoms with Gasteiger partial charge in [0, 0.05) is 12.8 Å². The Morgan fingerprint density at radius 1 is 1.10 bits per heavy atom. The zero-order valence-corrected chi connectivity index (χ0v) is 14.9. The first-order chi connectivity index (χ1) is 9.15. The first-order valence-corrected chi connectivity index (χ1v) is 6.50. The molecule has 2 atom stereocenters. The monoisotopic (exact) mass is 352 g/mol. The van der Waals surface area contributed by atoms with E-state index in [9.17, 15) is 9.59 Å². The first-order valence-electron chi connectivity index (χ1n) is 5.59. The standard InChI is InChI=1S/C6H7NO2.C5H7BrO2.CN.Na/c1-7-5-4-9-3-2-6(5)8;6-4-3-8-2-1-5(4)7;1-2;/h5H,2-4H2;4H,1-3H2;;/q;;-1;+1. The molecule has 104 valence electrons. The van der Waals surface area contributed by atoms with Crippen molar-refractivity contribution in [2.24, 2.45) is 0 Å². The topological polar surface area (TPSA) is 80.8 Å². The Hall–Kier alpha value is -0.280. The van der Waals surface area contributed by atoms with Gasteiger partial charge < -0.3 is 26.2 Å². The van der Waals surface area contributed by atoms with E-state index in [1.54, 1.807) is 0 Å². The van der Waals surface area contributed by atoms with Gasteiger partial charge in [-0.3, -0.25) is 9.59 Å². The molecule has 0 aromatic heterocycles. The molecule has 8 heteroatoms. The van der Waals surface area contributed by atoms with E-state index in [1.807, 2.05) is 0 Å². The van der Waals surface area contributed by atoms with E-state index < -0.39 is 6.04 Å². The van der Waals surface area contributed by atoms with Crippen molar-refractivity contribution in [3.05, 3.63) is 18.0 Å². The van der Waals surface area contributed by atoms with Crippen LogP contribution in [0.2, 0.25) is 0 Å². The summed E-state index contributed by atoms with van der Waals surface area (Å²) in [6, 6.07) is -0.515. The van der Waals surface area contributed by atoms with Crippen molar-refractivity contribution in [1.82, 2.24) is 0 Å². The van der Waals surface area contributed by atoms with Crippen LogP contribution < -0.4 is 29.6 Å². The van der Waals surface area contributed by atoms with Crippen LogP contribution in [-0.2, 0) is 19.1 Å². The number of ether oxygens (including phenoxy) is 2. The second-order valence-electron chi connectivity index (χ2n) is 3.69. The third-order valence-corrected chi connectivity index (χ3v) is 3.18. The number of hydrogen-bond donors (Lipinski definition) is 0. The minimum Gasteiger partial charge on any atom is -0.512 e. The fraction of sp³-hybridized carbons (Fsp3) is 0.667. The molecule has 0 aromatic rings. The Morgan fingerprint density at radius 3 is 1.90 bits per heavy atom. The number of hydrogen-bond acceptors (Lipinski definition) is 5. The molecule has 20 heavy (non-hydrogen) atoms. The number of ketones is 2. The summed E-state index contributed by atoms with van der Waals surface area (Å²) in [5, 5.41) is 6.25. The van der Waals surface area contributed by atoms with Gasteiger partial charge in [0.2, 0.25) is 5.78 Å². The van der Waals surface area contributed by atoms with E-state index in [0.29, 0.717) is 39.3 Å². The van der Waals surface area contributed by atoms with Crippen LogP contribution in [-0.4, -0.2) is 48.9 Å². The third-order valence-electron chi connectivity index (χ3n) is 2.40. The van der Waals surface area contributed by atoms with Crippen LogP contribution in [0.15, 0.2) is 0 Å². The summed E-state index contributed by atoms with van der Waals surface area (Å²) in [5.74, 6) is 0.285. The van der Waals surface area contributed by atoms with E-state index in [4.69, 9.17) is 27.9 Å². The Kier molecular flexibility index (Phi) is 15.1. The van der Waals surface area contributed by atoms with Gasteiger partial charge in [-0.2, -0.15) is 0 Å². The molecule has 6 nitrogen and oxygen atoms in total. The molecule has 0 amide bonds. The quantitative estimate of drug-likeness (QED) is 0.289. The third kappa shape index (κ3) is 8.80. The van der Waals surface area contributed by atoms with E-state index in [2.05, 4.69) is 20.8 Å². The number of alkyl halides is 1. The minimum absolute atomic E-state index is 0. The molecular formula is C12H14BrN2NaO4. The van der Waals surface area contributed by atoms with Crippen LogP contribution in [0, 0.1) is 18.4 Å². The maximum Gasteiger partial charge on any atom is 1.00 e. The summed E-state index contributed by atoms with van der Waals surface area (Å²) >= 11 is 3.18. The molecule has 0 aliphatic carbocycles. The van der Waals surface area contributed by atoms with Crippen molar-refractivity contribution in [3.8, 4) is 0 Å². The van der Waals surface area contributed by atoms with Gasteiger partial charge >= 0.3 is 35.6 Å². The van der Waals surface area contributed by atoms with Crippen molar-refractivity contribution in [3.63, 3.8) is 0 Å². The normalized spacial score (nSPS) is 24.7. The van der Waals surface area contributed by atoms with Gasteiger partial charge in [0.1, 0.15) is 6.61 Å². The van der Waals surface area contributed by atoms with Crippen LogP contribution in [0.1, 0.15) is 12.8 Å². The number of carbonyl (C=O) groups is 2. The van der Waals surface area contributed by atoms with Crippen LogP contribution >= 0.6 is 15.9 Å². The summed E-state index contributed by atoms with van der Waals surface area (Å²) in [6.07, 6.45) is 0.975. The Bertz CT molecular complexity index is 370. The Morgan fingerprint density at radius 2 is 1.60 bits per heavy atom. The smallest absolute Gasteiger partial charge is 0.512 e. The van der Waals surface area contributed by atoms with Crippen molar-refractivity contribution in [2.75, 3.05) is 26.4 Å². The van der Waals surface area contributed by atoms with Gasteiger partial charge in [-0.15, -0.1) is 0 Å². The summed E-state index contributed by atoms with van der Waals surface area (Å²) in [4.78, 5) is 24.5.